The summed E-state index contributed by atoms with van der Waals surface area (Å²) in [4.78, 5) is 7.62. The van der Waals surface area contributed by atoms with Gasteiger partial charge in [-0.05, 0) is 32.2 Å². The first-order chi connectivity index (χ1) is 8.06. The zero-order valence-corrected chi connectivity index (χ0v) is 11.3. The van der Waals surface area contributed by atoms with Crippen molar-refractivity contribution < 1.29 is 5.11 Å². The Morgan fingerprint density at radius 3 is 3.06 bits per heavy atom. The molecule has 0 saturated carbocycles. The molecule has 1 saturated heterocycles. The second-order valence-corrected chi connectivity index (χ2v) is 6.22. The second kappa shape index (κ2) is 5.33. The number of piperidine rings is 1. The number of aromatic nitrogens is 1. The summed E-state index contributed by atoms with van der Waals surface area (Å²) in [7, 11) is 0. The van der Waals surface area contributed by atoms with Gasteiger partial charge in [-0.3, -0.25) is 4.90 Å². The van der Waals surface area contributed by atoms with E-state index in [1.165, 1.54) is 22.6 Å². The van der Waals surface area contributed by atoms with Crippen LogP contribution in [0, 0.1) is 5.92 Å². The molecule has 1 aliphatic rings. The van der Waals surface area contributed by atoms with Crippen molar-refractivity contribution in [3.8, 4) is 0 Å². The summed E-state index contributed by atoms with van der Waals surface area (Å²) in [6.07, 6.45) is 3.85. The average Bonchev–Trinajstić information content (AvgIpc) is 2.66. The number of rotatable bonds is 3. The lowest BCUT2D eigenvalue weighted by Gasteiger charge is -2.39. The van der Waals surface area contributed by atoms with Crippen LogP contribution in [-0.4, -0.2) is 33.7 Å². The van der Waals surface area contributed by atoms with Crippen molar-refractivity contribution in [3.05, 3.63) is 11.1 Å². The molecule has 4 nitrogen and oxygen atoms in total. The van der Waals surface area contributed by atoms with Crippen LogP contribution in [-0.2, 0) is 6.54 Å². The van der Waals surface area contributed by atoms with Gasteiger partial charge in [0.15, 0.2) is 5.13 Å². The minimum atomic E-state index is -0.275. The third kappa shape index (κ3) is 3.18. The highest BCUT2D eigenvalue weighted by Crippen LogP contribution is 2.27. The molecule has 3 atom stereocenters. The predicted octanol–water partition coefficient (Wildman–Crippen LogP) is 1.71. The van der Waals surface area contributed by atoms with E-state index < -0.39 is 0 Å². The lowest BCUT2D eigenvalue weighted by Crippen LogP contribution is -2.47. The monoisotopic (exact) mass is 255 g/mol. The van der Waals surface area contributed by atoms with Crippen LogP contribution in [0.4, 0.5) is 5.13 Å². The summed E-state index contributed by atoms with van der Waals surface area (Å²) in [5.41, 5.74) is 5.64. The van der Waals surface area contributed by atoms with Crippen molar-refractivity contribution in [2.24, 2.45) is 5.92 Å². The Labute approximate surface area is 106 Å². The van der Waals surface area contributed by atoms with E-state index in [-0.39, 0.29) is 12.1 Å². The highest BCUT2D eigenvalue weighted by Gasteiger charge is 2.29. The third-order valence-corrected chi connectivity index (χ3v) is 4.32. The molecule has 1 aromatic rings. The lowest BCUT2D eigenvalue weighted by molar-refractivity contribution is 0.0168. The van der Waals surface area contributed by atoms with Gasteiger partial charge in [-0.2, -0.15) is 0 Å². The van der Waals surface area contributed by atoms with E-state index in [4.69, 9.17) is 5.73 Å². The SMILES string of the molecule is CC1CCN(Cc2cnc(N)s2)C(C(C)O)C1. The van der Waals surface area contributed by atoms with Crippen molar-refractivity contribution >= 4 is 16.5 Å². The molecule has 1 aromatic heterocycles. The van der Waals surface area contributed by atoms with Crippen LogP contribution in [0.25, 0.3) is 0 Å². The second-order valence-electron chi connectivity index (χ2n) is 5.07. The quantitative estimate of drug-likeness (QED) is 0.863. The standard InChI is InChI=1S/C12H21N3OS/c1-8-3-4-15(11(5-8)9(2)16)7-10-6-14-12(13)17-10/h6,8-9,11,16H,3-5,7H2,1-2H3,(H2,13,14). The van der Waals surface area contributed by atoms with Gasteiger partial charge in [0.25, 0.3) is 0 Å². The van der Waals surface area contributed by atoms with Gasteiger partial charge in [0.2, 0.25) is 0 Å². The molecule has 3 N–H and O–H groups in total. The highest BCUT2D eigenvalue weighted by atomic mass is 32.1. The number of hydrogen-bond donors (Lipinski definition) is 2. The Morgan fingerprint density at radius 2 is 2.47 bits per heavy atom. The first-order valence-corrected chi connectivity index (χ1v) is 7.00. The maximum absolute atomic E-state index is 9.87. The van der Waals surface area contributed by atoms with Crippen molar-refractivity contribution in [1.82, 2.24) is 9.88 Å². The Bertz CT molecular complexity index is 366. The van der Waals surface area contributed by atoms with E-state index in [0.29, 0.717) is 11.0 Å². The number of anilines is 1. The number of nitrogens with two attached hydrogens (primary N) is 1. The summed E-state index contributed by atoms with van der Waals surface area (Å²) in [6, 6.07) is 0.266. The van der Waals surface area contributed by atoms with Crippen molar-refractivity contribution in [2.45, 2.75) is 45.4 Å². The van der Waals surface area contributed by atoms with Crippen LogP contribution in [0.2, 0.25) is 0 Å². The zero-order valence-electron chi connectivity index (χ0n) is 10.5. The maximum Gasteiger partial charge on any atom is 0.180 e. The van der Waals surface area contributed by atoms with Gasteiger partial charge >= 0.3 is 0 Å². The Balaban J connectivity index is 2.02. The number of aliphatic hydroxyl groups excluding tert-OH is 1. The first kappa shape index (κ1) is 12.8. The van der Waals surface area contributed by atoms with Gasteiger partial charge in [-0.1, -0.05) is 6.92 Å². The summed E-state index contributed by atoms with van der Waals surface area (Å²) in [6.45, 7) is 6.06. The van der Waals surface area contributed by atoms with E-state index in [1.807, 2.05) is 13.1 Å². The van der Waals surface area contributed by atoms with E-state index in [9.17, 15) is 5.11 Å². The fraction of sp³-hybridized carbons (Fsp3) is 0.750. The molecule has 96 valence electrons. The molecule has 0 amide bonds. The number of thiazole rings is 1. The molecule has 1 aliphatic heterocycles. The Kier molecular flexibility index (Phi) is 4.01. The fourth-order valence-corrected chi connectivity index (χ4v) is 3.24. The van der Waals surface area contributed by atoms with E-state index in [1.54, 1.807) is 0 Å². The van der Waals surface area contributed by atoms with Gasteiger partial charge < -0.3 is 10.8 Å². The third-order valence-electron chi connectivity index (χ3n) is 3.51. The van der Waals surface area contributed by atoms with Gasteiger partial charge in [-0.25, -0.2) is 4.98 Å². The molecule has 0 aliphatic carbocycles. The van der Waals surface area contributed by atoms with Crippen molar-refractivity contribution in [3.63, 3.8) is 0 Å². The van der Waals surface area contributed by atoms with Crippen LogP contribution >= 0.6 is 11.3 Å². The summed E-state index contributed by atoms with van der Waals surface area (Å²) in [5, 5.41) is 10.5. The molecule has 17 heavy (non-hydrogen) atoms. The molecule has 3 unspecified atom stereocenters. The minimum absolute atomic E-state index is 0.266. The normalized spacial score (nSPS) is 28.2. The molecule has 0 radical (unpaired) electrons. The number of nitrogens with zero attached hydrogens (tertiary/aromatic N) is 2. The van der Waals surface area contributed by atoms with Crippen LogP contribution in [0.3, 0.4) is 0 Å². The molecular formula is C12H21N3OS. The molecule has 0 spiro atoms. The molecule has 2 rings (SSSR count). The first-order valence-electron chi connectivity index (χ1n) is 6.18. The van der Waals surface area contributed by atoms with Gasteiger partial charge in [0.05, 0.1) is 6.10 Å². The summed E-state index contributed by atoms with van der Waals surface area (Å²) in [5.74, 6) is 0.706. The largest absolute Gasteiger partial charge is 0.392 e. The average molecular weight is 255 g/mol. The van der Waals surface area contributed by atoms with Crippen LogP contribution < -0.4 is 5.73 Å². The number of nitrogen functional groups attached to an aromatic ring is 1. The molecule has 5 heteroatoms. The smallest absolute Gasteiger partial charge is 0.180 e. The predicted molar refractivity (Wildman–Crippen MR) is 70.8 cm³/mol. The maximum atomic E-state index is 9.87. The zero-order chi connectivity index (χ0) is 12.4. The molecule has 2 heterocycles. The van der Waals surface area contributed by atoms with Gasteiger partial charge in [0.1, 0.15) is 0 Å². The molecule has 0 bridgehead atoms. The lowest BCUT2D eigenvalue weighted by atomic mass is 9.90. The summed E-state index contributed by atoms with van der Waals surface area (Å²) < 4.78 is 0. The molecule has 1 fully saturated rings. The molecular weight excluding hydrogens is 234 g/mol. The number of hydrogen-bond acceptors (Lipinski definition) is 5. The van der Waals surface area contributed by atoms with Crippen molar-refractivity contribution in [1.29, 1.82) is 0 Å². The van der Waals surface area contributed by atoms with Gasteiger partial charge in [0, 0.05) is 23.7 Å². The highest BCUT2D eigenvalue weighted by molar-refractivity contribution is 7.15. The molecule has 0 aromatic carbocycles. The van der Waals surface area contributed by atoms with Crippen LogP contribution in [0.15, 0.2) is 6.20 Å². The Hall–Kier alpha value is -0.650. The topological polar surface area (TPSA) is 62.4 Å². The van der Waals surface area contributed by atoms with Crippen LogP contribution in [0.1, 0.15) is 31.6 Å². The van der Waals surface area contributed by atoms with Crippen LogP contribution in [0.5, 0.6) is 0 Å². The van der Waals surface area contributed by atoms with E-state index in [0.717, 1.165) is 19.5 Å². The van der Waals surface area contributed by atoms with E-state index in [2.05, 4.69) is 16.8 Å². The fourth-order valence-electron chi connectivity index (χ4n) is 2.53. The van der Waals surface area contributed by atoms with E-state index >= 15 is 0 Å². The minimum Gasteiger partial charge on any atom is -0.392 e. The summed E-state index contributed by atoms with van der Waals surface area (Å²) >= 11 is 1.54. The number of likely N-dealkylation sites (tertiary alicyclic amines) is 1. The Morgan fingerprint density at radius 1 is 1.71 bits per heavy atom. The van der Waals surface area contributed by atoms with Gasteiger partial charge in [-0.15, -0.1) is 11.3 Å². The number of aliphatic hydroxyl groups is 1. The van der Waals surface area contributed by atoms with Crippen molar-refractivity contribution in [2.75, 3.05) is 12.3 Å².